The fourth-order valence-electron chi connectivity index (χ4n) is 2.57. The predicted molar refractivity (Wildman–Crippen MR) is 110 cm³/mol. The van der Waals surface area contributed by atoms with Crippen molar-refractivity contribution < 1.29 is 28.1 Å². The lowest BCUT2D eigenvalue weighted by Gasteiger charge is -2.20. The van der Waals surface area contributed by atoms with Gasteiger partial charge in [0.05, 0.1) is 30.9 Å². The zero-order valence-electron chi connectivity index (χ0n) is 15.6. The van der Waals surface area contributed by atoms with E-state index in [2.05, 4.69) is 15.9 Å². The van der Waals surface area contributed by atoms with Crippen molar-refractivity contribution in [3.05, 3.63) is 69.7 Å². The largest absolute Gasteiger partial charge is 0.493 e. The number of halogens is 4. The van der Waals surface area contributed by atoms with Crippen molar-refractivity contribution in [3.63, 3.8) is 0 Å². The fraction of sp³-hybridized carbons (Fsp3) is 0.333. The fourth-order valence-corrected chi connectivity index (χ4v) is 3.01. The first kappa shape index (κ1) is 23.4. The molecule has 8 heteroatoms. The highest BCUT2D eigenvalue weighted by Crippen LogP contribution is 2.37. The molecule has 0 amide bonds. The molecule has 0 spiro atoms. The molecule has 0 fully saturated rings. The van der Waals surface area contributed by atoms with Crippen LogP contribution in [0.4, 0.5) is 13.2 Å². The third-order valence-corrected chi connectivity index (χ3v) is 4.76. The van der Waals surface area contributed by atoms with Gasteiger partial charge in [0, 0.05) is 4.47 Å². The van der Waals surface area contributed by atoms with Crippen molar-refractivity contribution in [3.8, 4) is 5.75 Å². The summed E-state index contributed by atoms with van der Waals surface area (Å²) in [6, 6.07) is 11.4. The van der Waals surface area contributed by atoms with E-state index < -0.39 is 30.5 Å². The summed E-state index contributed by atoms with van der Waals surface area (Å²) in [5, 5.41) is 18.3. The van der Waals surface area contributed by atoms with Crippen LogP contribution in [0.15, 0.2) is 53.0 Å². The maximum Gasteiger partial charge on any atom is 0.419 e. The van der Waals surface area contributed by atoms with Gasteiger partial charge in [0.2, 0.25) is 0 Å². The molecule has 0 unspecified atom stereocenters. The molecule has 2 aromatic carbocycles. The van der Waals surface area contributed by atoms with Gasteiger partial charge in [-0.3, -0.25) is 0 Å². The highest BCUT2D eigenvalue weighted by Gasteiger charge is 2.34. The van der Waals surface area contributed by atoms with Gasteiger partial charge in [0.15, 0.2) is 0 Å². The van der Waals surface area contributed by atoms with Crippen LogP contribution in [0.5, 0.6) is 5.75 Å². The number of aliphatic hydroxyl groups excluding tert-OH is 2. The summed E-state index contributed by atoms with van der Waals surface area (Å²) in [6.45, 7) is -0.928. The Morgan fingerprint density at radius 3 is 2.41 bits per heavy atom. The van der Waals surface area contributed by atoms with Gasteiger partial charge >= 0.3 is 6.18 Å². The van der Waals surface area contributed by atoms with E-state index in [0.29, 0.717) is 12.8 Å². The van der Waals surface area contributed by atoms with Gasteiger partial charge in [0.1, 0.15) is 5.75 Å². The van der Waals surface area contributed by atoms with E-state index in [1.54, 1.807) is 0 Å². The van der Waals surface area contributed by atoms with Crippen LogP contribution in [0.3, 0.4) is 0 Å². The summed E-state index contributed by atoms with van der Waals surface area (Å²) in [7, 11) is 0. The van der Waals surface area contributed by atoms with Crippen molar-refractivity contribution >= 4 is 22.0 Å². The Hall–Kier alpha value is -1.87. The predicted octanol–water partition coefficient (Wildman–Crippen LogP) is 4.17. The van der Waals surface area contributed by atoms with E-state index in [9.17, 15) is 23.4 Å². The molecule has 0 aromatic heterocycles. The second kappa shape index (κ2) is 10.2. The van der Waals surface area contributed by atoms with E-state index >= 15 is 0 Å². The average molecular weight is 474 g/mol. The molecule has 158 valence electrons. The molecule has 2 rings (SSSR count). The third-order valence-electron chi connectivity index (χ3n) is 4.26. The molecule has 0 saturated carbocycles. The Morgan fingerprint density at radius 1 is 1.07 bits per heavy atom. The van der Waals surface area contributed by atoms with E-state index in [4.69, 9.17) is 10.5 Å². The highest BCUT2D eigenvalue weighted by molar-refractivity contribution is 9.10. The summed E-state index contributed by atoms with van der Waals surface area (Å²) in [5.74, 6) is -0.243. The van der Waals surface area contributed by atoms with Crippen molar-refractivity contribution in [1.82, 2.24) is 0 Å². The molecule has 0 radical (unpaired) electrons. The molecule has 29 heavy (non-hydrogen) atoms. The summed E-state index contributed by atoms with van der Waals surface area (Å²) in [5.41, 5.74) is 4.71. The van der Waals surface area contributed by atoms with Crippen LogP contribution in [-0.2, 0) is 12.6 Å². The van der Waals surface area contributed by atoms with E-state index in [1.165, 1.54) is 24.3 Å². The van der Waals surface area contributed by atoms with Gasteiger partial charge < -0.3 is 20.7 Å². The molecule has 4 nitrogen and oxygen atoms in total. The lowest BCUT2D eigenvalue weighted by molar-refractivity contribution is -0.139. The van der Waals surface area contributed by atoms with Crippen LogP contribution in [0.1, 0.15) is 23.1 Å². The summed E-state index contributed by atoms with van der Waals surface area (Å²) in [6.07, 6.45) is -0.725. The number of aryl methyl sites for hydroxylation is 1. The summed E-state index contributed by atoms with van der Waals surface area (Å²) < 4.78 is 46.7. The zero-order chi connectivity index (χ0) is 21.5. The molecular formula is C21H23BrF3NO3. The lowest BCUT2D eigenvalue weighted by Crippen LogP contribution is -2.45. The Kier molecular flexibility index (Phi) is 8.27. The smallest absolute Gasteiger partial charge is 0.419 e. The number of benzene rings is 2. The second-order valence-corrected chi connectivity index (χ2v) is 7.63. The Labute approximate surface area is 175 Å². The quantitative estimate of drug-likeness (QED) is 0.477. The molecule has 0 bridgehead atoms. The molecule has 0 heterocycles. The van der Waals surface area contributed by atoms with Crippen molar-refractivity contribution in [2.75, 3.05) is 19.8 Å². The zero-order valence-corrected chi connectivity index (χ0v) is 17.2. The minimum Gasteiger partial charge on any atom is -0.493 e. The molecular weight excluding hydrogens is 451 g/mol. The normalized spacial score (nSPS) is 12.5. The molecule has 2 aromatic rings. The Bertz CT molecular complexity index is 836. The van der Waals surface area contributed by atoms with Gasteiger partial charge in [-0.1, -0.05) is 46.3 Å². The molecule has 4 N–H and O–H groups in total. The van der Waals surface area contributed by atoms with E-state index in [1.807, 2.05) is 24.3 Å². The second-order valence-electron chi connectivity index (χ2n) is 6.72. The van der Waals surface area contributed by atoms with Crippen LogP contribution in [-0.4, -0.2) is 35.6 Å². The van der Waals surface area contributed by atoms with Crippen molar-refractivity contribution in [2.45, 2.75) is 24.6 Å². The van der Waals surface area contributed by atoms with Gasteiger partial charge in [-0.25, -0.2) is 0 Å². The van der Waals surface area contributed by atoms with Crippen LogP contribution in [0.25, 0.3) is 6.08 Å². The first-order chi connectivity index (χ1) is 13.7. The number of hydrogen-bond donors (Lipinski definition) is 3. The minimum atomic E-state index is -4.59. The molecule has 0 saturated heterocycles. The molecule has 0 aliphatic rings. The maximum absolute atomic E-state index is 13.4. The van der Waals surface area contributed by atoms with Crippen LogP contribution in [0, 0.1) is 0 Å². The summed E-state index contributed by atoms with van der Waals surface area (Å²) in [4.78, 5) is 0. The number of aliphatic hydroxyl groups is 2. The highest BCUT2D eigenvalue weighted by atomic mass is 79.9. The van der Waals surface area contributed by atoms with Gasteiger partial charge in [0.25, 0.3) is 0 Å². The molecule has 0 aliphatic heterocycles. The number of nitrogens with two attached hydrogens (primary N) is 1. The van der Waals surface area contributed by atoms with Crippen molar-refractivity contribution in [1.29, 1.82) is 0 Å². The SMILES string of the molecule is NC(C=Cc1ccc(OCCCc2cccc(Br)c2)c(C(F)(F)F)c1)(CO)CO. The van der Waals surface area contributed by atoms with Crippen LogP contribution >= 0.6 is 15.9 Å². The van der Waals surface area contributed by atoms with Gasteiger partial charge in [-0.2, -0.15) is 13.2 Å². The lowest BCUT2D eigenvalue weighted by atomic mass is 10.0. The minimum absolute atomic E-state index is 0.145. The van der Waals surface area contributed by atoms with Crippen LogP contribution in [0.2, 0.25) is 0 Å². The van der Waals surface area contributed by atoms with Gasteiger partial charge in [-0.15, -0.1) is 0 Å². The number of hydrogen-bond acceptors (Lipinski definition) is 4. The summed E-state index contributed by atoms with van der Waals surface area (Å²) >= 11 is 3.38. The number of ether oxygens (including phenoxy) is 1. The maximum atomic E-state index is 13.4. The standard InChI is InChI=1S/C21H23BrF3NO3/c22-17-5-1-3-15(11-17)4-2-10-29-19-7-6-16(12-18(19)21(23,24)25)8-9-20(26,13-27)14-28/h1,3,5-9,11-12,27-28H,2,4,10,13-14,26H2. The van der Waals surface area contributed by atoms with Crippen molar-refractivity contribution in [2.24, 2.45) is 5.73 Å². The Balaban J connectivity index is 2.08. The van der Waals surface area contributed by atoms with Gasteiger partial charge in [-0.05, 0) is 48.2 Å². The first-order valence-electron chi connectivity index (χ1n) is 8.95. The van der Waals surface area contributed by atoms with E-state index in [-0.39, 0.29) is 17.9 Å². The first-order valence-corrected chi connectivity index (χ1v) is 9.74. The third kappa shape index (κ3) is 7.15. The Morgan fingerprint density at radius 2 is 1.79 bits per heavy atom. The molecule has 0 aliphatic carbocycles. The number of alkyl halides is 3. The molecule has 0 atom stereocenters. The number of rotatable bonds is 9. The monoisotopic (exact) mass is 473 g/mol. The van der Waals surface area contributed by atoms with Crippen LogP contribution < -0.4 is 10.5 Å². The van der Waals surface area contributed by atoms with E-state index in [0.717, 1.165) is 16.1 Å². The average Bonchev–Trinajstić information content (AvgIpc) is 2.69. The topological polar surface area (TPSA) is 75.7 Å².